The monoisotopic (exact) mass is 270 g/mol. The molecule has 0 aromatic carbocycles. The van der Waals surface area contributed by atoms with Gasteiger partial charge >= 0.3 is 0 Å². The molecule has 1 aromatic heterocycles. The third-order valence-electron chi connectivity index (χ3n) is 4.26. The van der Waals surface area contributed by atoms with Crippen LogP contribution in [0.25, 0.3) is 0 Å². The molecule has 3 rings (SSSR count). The van der Waals surface area contributed by atoms with Crippen LogP contribution < -0.4 is 5.73 Å². The van der Waals surface area contributed by atoms with E-state index in [9.17, 15) is 4.79 Å². The van der Waals surface area contributed by atoms with Crippen LogP contribution in [0.2, 0.25) is 0 Å². The number of carbonyl (C=O) groups is 1. The van der Waals surface area contributed by atoms with Gasteiger partial charge in [-0.3, -0.25) is 4.79 Å². The van der Waals surface area contributed by atoms with Gasteiger partial charge in [-0.1, -0.05) is 0 Å². The lowest BCUT2D eigenvalue weighted by Gasteiger charge is -2.17. The van der Waals surface area contributed by atoms with Gasteiger partial charge in [-0.15, -0.1) is 12.4 Å². The Kier molecular flexibility index (Phi) is 3.69. The molecule has 0 spiro atoms. The highest BCUT2D eigenvalue weighted by Crippen LogP contribution is 2.37. The lowest BCUT2D eigenvalue weighted by Crippen LogP contribution is -2.33. The predicted molar refractivity (Wildman–Crippen MR) is 70.8 cm³/mol. The molecule has 1 aliphatic carbocycles. The molecular weight excluding hydrogens is 252 g/mol. The molecule has 2 heterocycles. The second-order valence-corrected chi connectivity index (χ2v) is 5.31. The van der Waals surface area contributed by atoms with E-state index in [0.29, 0.717) is 17.6 Å². The molecule has 4 nitrogen and oxygen atoms in total. The second kappa shape index (κ2) is 4.94. The van der Waals surface area contributed by atoms with Crippen molar-refractivity contribution in [1.82, 2.24) is 4.90 Å². The fraction of sp³-hybridized carbons (Fsp3) is 0.615. The molecule has 1 amide bonds. The van der Waals surface area contributed by atoms with Crippen molar-refractivity contribution in [3.63, 3.8) is 0 Å². The summed E-state index contributed by atoms with van der Waals surface area (Å²) < 4.78 is 5.26. The molecule has 18 heavy (non-hydrogen) atoms. The summed E-state index contributed by atoms with van der Waals surface area (Å²) in [5.41, 5.74) is 6.98. The quantitative estimate of drug-likeness (QED) is 0.847. The van der Waals surface area contributed by atoms with E-state index < -0.39 is 0 Å². The lowest BCUT2D eigenvalue weighted by molar-refractivity contribution is 0.0747. The number of hydrogen-bond acceptors (Lipinski definition) is 3. The van der Waals surface area contributed by atoms with Crippen molar-refractivity contribution in [2.75, 3.05) is 13.1 Å². The summed E-state index contributed by atoms with van der Waals surface area (Å²) in [6.07, 6.45) is 3.84. The van der Waals surface area contributed by atoms with E-state index in [0.717, 1.165) is 31.5 Å². The number of nitrogens with zero attached hydrogens (tertiary/aromatic N) is 1. The molecule has 3 unspecified atom stereocenters. The number of halogens is 1. The number of nitrogens with two attached hydrogens (primary N) is 1. The first-order chi connectivity index (χ1) is 8.16. The van der Waals surface area contributed by atoms with Crippen molar-refractivity contribution < 1.29 is 9.21 Å². The van der Waals surface area contributed by atoms with E-state index >= 15 is 0 Å². The zero-order chi connectivity index (χ0) is 12.0. The third-order valence-corrected chi connectivity index (χ3v) is 4.26. The van der Waals surface area contributed by atoms with E-state index in [1.165, 1.54) is 0 Å². The SMILES string of the molecule is Cc1ccoc1C(=O)N1CC2CCC(N)C2C1.Cl. The fourth-order valence-electron chi connectivity index (χ4n) is 3.21. The minimum Gasteiger partial charge on any atom is -0.459 e. The van der Waals surface area contributed by atoms with Crippen molar-refractivity contribution in [2.45, 2.75) is 25.8 Å². The van der Waals surface area contributed by atoms with Crippen molar-refractivity contribution >= 4 is 18.3 Å². The van der Waals surface area contributed by atoms with Gasteiger partial charge in [0.05, 0.1) is 6.26 Å². The van der Waals surface area contributed by atoms with E-state index in [-0.39, 0.29) is 24.4 Å². The third kappa shape index (κ3) is 2.04. The van der Waals surface area contributed by atoms with Crippen molar-refractivity contribution in [3.05, 3.63) is 23.7 Å². The Morgan fingerprint density at radius 3 is 2.83 bits per heavy atom. The van der Waals surface area contributed by atoms with Gasteiger partial charge in [0.1, 0.15) is 0 Å². The number of carbonyl (C=O) groups excluding carboxylic acids is 1. The Labute approximate surface area is 113 Å². The molecule has 5 heteroatoms. The molecule has 0 radical (unpaired) electrons. The smallest absolute Gasteiger partial charge is 0.289 e. The van der Waals surface area contributed by atoms with Crippen molar-refractivity contribution in [2.24, 2.45) is 17.6 Å². The van der Waals surface area contributed by atoms with Crippen LogP contribution in [0.5, 0.6) is 0 Å². The summed E-state index contributed by atoms with van der Waals surface area (Å²) >= 11 is 0. The van der Waals surface area contributed by atoms with Crippen LogP contribution >= 0.6 is 12.4 Å². The lowest BCUT2D eigenvalue weighted by atomic mass is 9.98. The molecular formula is C13H19ClN2O2. The first kappa shape index (κ1) is 13.4. The van der Waals surface area contributed by atoms with Crippen molar-refractivity contribution in [1.29, 1.82) is 0 Å². The predicted octanol–water partition coefficient (Wildman–Crippen LogP) is 1.82. The van der Waals surface area contributed by atoms with Gasteiger partial charge in [-0.25, -0.2) is 0 Å². The van der Waals surface area contributed by atoms with Crippen LogP contribution in [0.3, 0.4) is 0 Å². The summed E-state index contributed by atoms with van der Waals surface area (Å²) in [5.74, 6) is 1.60. The maximum Gasteiger partial charge on any atom is 0.289 e. The number of likely N-dealkylation sites (tertiary alicyclic amines) is 1. The molecule has 2 fully saturated rings. The molecule has 0 bridgehead atoms. The number of fused-ring (bicyclic) bond motifs is 1. The van der Waals surface area contributed by atoms with E-state index in [2.05, 4.69) is 0 Å². The minimum absolute atomic E-state index is 0. The summed E-state index contributed by atoms with van der Waals surface area (Å²) in [6, 6.07) is 2.10. The average molecular weight is 271 g/mol. The largest absolute Gasteiger partial charge is 0.459 e. The maximum atomic E-state index is 12.3. The molecule has 3 atom stereocenters. The molecule has 1 saturated carbocycles. The number of aryl methyl sites for hydroxylation is 1. The Morgan fingerprint density at radius 2 is 2.22 bits per heavy atom. The second-order valence-electron chi connectivity index (χ2n) is 5.31. The Balaban J connectivity index is 0.00000120. The molecule has 2 N–H and O–H groups in total. The van der Waals surface area contributed by atoms with Crippen LogP contribution in [0.4, 0.5) is 0 Å². The maximum absolute atomic E-state index is 12.3. The highest BCUT2D eigenvalue weighted by atomic mass is 35.5. The number of rotatable bonds is 1. The van der Waals surface area contributed by atoms with Gasteiger partial charge in [0.25, 0.3) is 5.91 Å². The summed E-state index contributed by atoms with van der Waals surface area (Å²) in [4.78, 5) is 14.2. The van der Waals surface area contributed by atoms with Gasteiger partial charge in [0.2, 0.25) is 0 Å². The standard InChI is InChI=1S/C13H18N2O2.ClH/c1-8-4-5-17-12(8)13(16)15-6-9-2-3-11(14)10(9)7-15;/h4-5,9-11H,2-3,6-7,14H2,1H3;1H. The van der Waals surface area contributed by atoms with Crippen molar-refractivity contribution in [3.8, 4) is 0 Å². The first-order valence-corrected chi connectivity index (χ1v) is 6.26. The van der Waals surface area contributed by atoms with E-state index in [1.807, 2.05) is 17.9 Å². The van der Waals surface area contributed by atoms with Crippen LogP contribution in [0.1, 0.15) is 29.0 Å². The van der Waals surface area contributed by atoms with Crippen LogP contribution in [0, 0.1) is 18.8 Å². The molecule has 1 aromatic rings. The molecule has 1 saturated heterocycles. The fourth-order valence-corrected chi connectivity index (χ4v) is 3.21. The summed E-state index contributed by atoms with van der Waals surface area (Å²) in [6.45, 7) is 3.54. The molecule has 100 valence electrons. The average Bonchev–Trinajstić information content (AvgIpc) is 2.96. The zero-order valence-electron chi connectivity index (χ0n) is 10.5. The first-order valence-electron chi connectivity index (χ1n) is 6.26. The Hall–Kier alpha value is -1.00. The van der Waals surface area contributed by atoms with Gasteiger partial charge in [-0.05, 0) is 37.7 Å². The number of hydrogen-bond donors (Lipinski definition) is 1. The van der Waals surface area contributed by atoms with Gasteiger partial charge in [0.15, 0.2) is 5.76 Å². The minimum atomic E-state index is 0. The van der Waals surface area contributed by atoms with E-state index in [4.69, 9.17) is 10.2 Å². The summed E-state index contributed by atoms with van der Waals surface area (Å²) in [7, 11) is 0. The van der Waals surface area contributed by atoms with Gasteiger partial charge in [-0.2, -0.15) is 0 Å². The Bertz CT molecular complexity index is 446. The molecule has 1 aliphatic heterocycles. The van der Waals surface area contributed by atoms with Crippen LogP contribution in [-0.2, 0) is 0 Å². The number of amides is 1. The topological polar surface area (TPSA) is 59.5 Å². The Morgan fingerprint density at radius 1 is 1.44 bits per heavy atom. The number of furan rings is 1. The summed E-state index contributed by atoms with van der Waals surface area (Å²) in [5, 5.41) is 0. The molecule has 2 aliphatic rings. The van der Waals surface area contributed by atoms with Crippen LogP contribution in [0.15, 0.2) is 16.7 Å². The van der Waals surface area contributed by atoms with Gasteiger partial charge in [0, 0.05) is 24.7 Å². The zero-order valence-corrected chi connectivity index (χ0v) is 11.3. The van der Waals surface area contributed by atoms with Crippen LogP contribution in [-0.4, -0.2) is 29.9 Å². The van der Waals surface area contributed by atoms with Gasteiger partial charge < -0.3 is 15.1 Å². The van der Waals surface area contributed by atoms with E-state index in [1.54, 1.807) is 6.26 Å². The normalized spacial score (nSPS) is 30.1. The highest BCUT2D eigenvalue weighted by Gasteiger charge is 2.43. The highest BCUT2D eigenvalue weighted by molar-refractivity contribution is 5.93.